The fourth-order valence-corrected chi connectivity index (χ4v) is 6.34. The Morgan fingerprint density at radius 3 is 1.84 bits per heavy atom. The van der Waals surface area contributed by atoms with Crippen molar-refractivity contribution in [3.8, 4) is 45.0 Å². The molecule has 2 heterocycles. The highest BCUT2D eigenvalue weighted by atomic mass is 35.5. The third-order valence-electron chi connectivity index (χ3n) is 6.67. The molecule has 7 aromatic rings. The van der Waals surface area contributed by atoms with Gasteiger partial charge < -0.3 is 0 Å². The van der Waals surface area contributed by atoms with Crippen molar-refractivity contribution in [2.45, 2.75) is 0 Å². The summed E-state index contributed by atoms with van der Waals surface area (Å²) in [5.41, 5.74) is 6.60. The van der Waals surface area contributed by atoms with Crippen LogP contribution in [0.15, 0.2) is 121 Å². The Balaban J connectivity index is 1.53. The molecule has 0 N–H and O–H groups in total. The zero-order chi connectivity index (χ0) is 25.5. The van der Waals surface area contributed by atoms with Crippen LogP contribution in [0.5, 0.6) is 0 Å². The Hall–Kier alpha value is -4.38. The minimum absolute atomic E-state index is 0.181. The second-order valence-corrected chi connectivity index (χ2v) is 10.4. The van der Waals surface area contributed by atoms with Crippen LogP contribution >= 0.6 is 22.9 Å². The smallest absolute Gasteiger partial charge is 0.208 e. The Bertz CT molecular complexity index is 1920. The molecule has 0 aliphatic heterocycles. The lowest BCUT2D eigenvalue weighted by Gasteiger charge is -2.10. The van der Waals surface area contributed by atoms with E-state index in [9.17, 15) is 0 Å². The highest BCUT2D eigenvalue weighted by Crippen LogP contribution is 2.45. The van der Waals surface area contributed by atoms with Crippen LogP contribution < -0.4 is 0 Å². The van der Waals surface area contributed by atoms with E-state index in [2.05, 4.69) is 94.9 Å². The van der Waals surface area contributed by atoms with Gasteiger partial charge in [-0.15, -0.1) is 11.3 Å². The van der Waals surface area contributed by atoms with Gasteiger partial charge in [0.15, 0.2) is 11.6 Å². The van der Waals surface area contributed by atoms with Gasteiger partial charge in [0.05, 0.1) is 0 Å². The van der Waals surface area contributed by atoms with Gasteiger partial charge in [0.1, 0.15) is 0 Å². The van der Waals surface area contributed by atoms with Gasteiger partial charge in [0, 0.05) is 36.9 Å². The van der Waals surface area contributed by atoms with Crippen LogP contribution in [0.25, 0.3) is 65.2 Å². The van der Waals surface area contributed by atoms with E-state index in [-0.39, 0.29) is 5.28 Å². The average Bonchev–Trinajstić information content (AvgIpc) is 3.36. The van der Waals surface area contributed by atoms with Crippen molar-refractivity contribution >= 4 is 43.1 Å². The zero-order valence-corrected chi connectivity index (χ0v) is 21.7. The number of hydrogen-bond donors (Lipinski definition) is 0. The molecule has 5 heteroatoms. The fraction of sp³-hybridized carbons (Fsp3) is 0. The number of aromatic nitrogens is 3. The number of hydrogen-bond acceptors (Lipinski definition) is 4. The monoisotopic (exact) mass is 525 g/mol. The van der Waals surface area contributed by atoms with E-state index in [1.807, 2.05) is 36.4 Å². The standard InChI is InChI=1S/C33H20ClN3S/c34-33-36-31(23-15-8-3-9-16-23)35-32(37-33)25-17-10-18-28-29(25)27-20-24(21-11-4-1-5-12-21)19-26(30(27)38-28)22-13-6-2-7-14-22/h1-20H. The Kier molecular flexibility index (Phi) is 5.69. The van der Waals surface area contributed by atoms with Gasteiger partial charge in [-0.05, 0) is 46.5 Å². The Morgan fingerprint density at radius 2 is 1.13 bits per heavy atom. The predicted molar refractivity (Wildman–Crippen MR) is 159 cm³/mol. The molecule has 0 amide bonds. The number of thiophene rings is 1. The maximum Gasteiger partial charge on any atom is 0.226 e. The van der Waals surface area contributed by atoms with Gasteiger partial charge in [0.25, 0.3) is 0 Å². The van der Waals surface area contributed by atoms with Crippen molar-refractivity contribution in [2.75, 3.05) is 0 Å². The SMILES string of the molecule is Clc1nc(-c2ccccc2)nc(-c2cccc3sc4c(-c5ccccc5)cc(-c5ccccc5)cc4c23)n1. The topological polar surface area (TPSA) is 38.7 Å². The van der Waals surface area contributed by atoms with Crippen molar-refractivity contribution < 1.29 is 0 Å². The van der Waals surface area contributed by atoms with E-state index < -0.39 is 0 Å². The number of halogens is 1. The molecule has 0 aliphatic carbocycles. The van der Waals surface area contributed by atoms with Crippen LogP contribution in [0.1, 0.15) is 0 Å². The molecule has 0 bridgehead atoms. The molecule has 0 spiro atoms. The number of rotatable bonds is 4. The van der Waals surface area contributed by atoms with Crippen LogP contribution in [-0.2, 0) is 0 Å². The van der Waals surface area contributed by atoms with Crippen LogP contribution in [0, 0.1) is 0 Å². The van der Waals surface area contributed by atoms with Gasteiger partial charge in [0.2, 0.25) is 5.28 Å². The lowest BCUT2D eigenvalue weighted by Crippen LogP contribution is -1.97. The fourth-order valence-electron chi connectivity index (χ4n) is 4.93. The van der Waals surface area contributed by atoms with E-state index in [0.717, 1.165) is 16.5 Å². The first-order chi connectivity index (χ1) is 18.7. The van der Waals surface area contributed by atoms with Crippen molar-refractivity contribution in [3.63, 3.8) is 0 Å². The van der Waals surface area contributed by atoms with E-state index >= 15 is 0 Å². The van der Waals surface area contributed by atoms with Crippen molar-refractivity contribution in [2.24, 2.45) is 0 Å². The minimum Gasteiger partial charge on any atom is -0.208 e. The number of nitrogens with zero attached hydrogens (tertiary/aromatic N) is 3. The average molecular weight is 526 g/mol. The molecular weight excluding hydrogens is 506 g/mol. The summed E-state index contributed by atoms with van der Waals surface area (Å²) in [7, 11) is 0. The van der Waals surface area contributed by atoms with Gasteiger partial charge in [-0.1, -0.05) is 103 Å². The van der Waals surface area contributed by atoms with E-state index in [0.29, 0.717) is 11.6 Å². The molecule has 0 unspecified atom stereocenters. The van der Waals surface area contributed by atoms with Crippen molar-refractivity contribution in [3.05, 3.63) is 127 Å². The van der Waals surface area contributed by atoms with E-state index in [4.69, 9.17) is 16.6 Å². The second-order valence-electron chi connectivity index (χ2n) is 9.03. The zero-order valence-electron chi connectivity index (χ0n) is 20.2. The molecule has 7 rings (SSSR count). The third-order valence-corrected chi connectivity index (χ3v) is 8.04. The van der Waals surface area contributed by atoms with Gasteiger partial charge in [-0.25, -0.2) is 4.98 Å². The van der Waals surface area contributed by atoms with Crippen LogP contribution in [-0.4, -0.2) is 15.0 Å². The maximum absolute atomic E-state index is 6.44. The van der Waals surface area contributed by atoms with Crippen molar-refractivity contribution in [1.82, 2.24) is 15.0 Å². The lowest BCUT2D eigenvalue weighted by atomic mass is 9.95. The molecule has 0 radical (unpaired) electrons. The molecule has 2 aromatic heterocycles. The molecule has 0 fully saturated rings. The molecule has 0 saturated heterocycles. The summed E-state index contributed by atoms with van der Waals surface area (Å²) in [6.45, 7) is 0. The molecular formula is C33H20ClN3S. The molecule has 0 aliphatic rings. The highest BCUT2D eigenvalue weighted by molar-refractivity contribution is 7.26. The summed E-state index contributed by atoms with van der Waals surface area (Å²) in [4.78, 5) is 13.9. The molecule has 3 nitrogen and oxygen atoms in total. The highest BCUT2D eigenvalue weighted by Gasteiger charge is 2.18. The molecule has 38 heavy (non-hydrogen) atoms. The molecule has 0 saturated carbocycles. The van der Waals surface area contributed by atoms with Crippen molar-refractivity contribution in [1.29, 1.82) is 0 Å². The van der Waals surface area contributed by atoms with Crippen LogP contribution in [0.2, 0.25) is 5.28 Å². The molecule has 5 aromatic carbocycles. The largest absolute Gasteiger partial charge is 0.226 e. The predicted octanol–water partition coefficient (Wildman–Crippen LogP) is 9.56. The second kappa shape index (κ2) is 9.49. The Morgan fingerprint density at radius 1 is 0.500 bits per heavy atom. The number of benzene rings is 5. The molecule has 180 valence electrons. The summed E-state index contributed by atoms with van der Waals surface area (Å²) < 4.78 is 2.42. The summed E-state index contributed by atoms with van der Waals surface area (Å²) >= 11 is 8.24. The van der Waals surface area contributed by atoms with E-state index in [1.165, 1.54) is 37.0 Å². The quantitative estimate of drug-likeness (QED) is 0.229. The first-order valence-electron chi connectivity index (χ1n) is 12.3. The number of fused-ring (bicyclic) bond motifs is 3. The lowest BCUT2D eigenvalue weighted by molar-refractivity contribution is 1.07. The maximum atomic E-state index is 6.44. The Labute approximate surface area is 229 Å². The normalized spacial score (nSPS) is 11.3. The van der Waals surface area contributed by atoms with Gasteiger partial charge in [-0.3, -0.25) is 0 Å². The third kappa shape index (κ3) is 4.04. The van der Waals surface area contributed by atoms with E-state index in [1.54, 1.807) is 11.3 Å². The van der Waals surface area contributed by atoms with Gasteiger partial charge >= 0.3 is 0 Å². The summed E-state index contributed by atoms with van der Waals surface area (Å²) in [6.07, 6.45) is 0. The minimum atomic E-state index is 0.181. The molecule has 0 atom stereocenters. The summed E-state index contributed by atoms with van der Waals surface area (Å²) in [5.74, 6) is 1.13. The summed E-state index contributed by atoms with van der Waals surface area (Å²) in [5, 5.41) is 2.49. The first kappa shape index (κ1) is 22.8. The van der Waals surface area contributed by atoms with Crippen LogP contribution in [0.3, 0.4) is 0 Å². The van der Waals surface area contributed by atoms with Gasteiger partial charge in [-0.2, -0.15) is 9.97 Å². The van der Waals surface area contributed by atoms with Crippen LogP contribution in [0.4, 0.5) is 0 Å². The summed E-state index contributed by atoms with van der Waals surface area (Å²) in [6, 6.07) is 41.9. The first-order valence-corrected chi connectivity index (χ1v) is 13.5.